The molecule has 0 radical (unpaired) electrons. The van der Waals surface area contributed by atoms with Gasteiger partial charge in [-0.05, 0) is 24.6 Å². The van der Waals surface area contributed by atoms with E-state index in [-0.39, 0.29) is 11.5 Å². The highest BCUT2D eigenvalue weighted by Crippen LogP contribution is 2.17. The van der Waals surface area contributed by atoms with Gasteiger partial charge in [-0.1, -0.05) is 13.0 Å². The van der Waals surface area contributed by atoms with Crippen LogP contribution < -0.4 is 11.1 Å². The van der Waals surface area contributed by atoms with Crippen molar-refractivity contribution in [1.29, 1.82) is 0 Å². The van der Waals surface area contributed by atoms with Crippen molar-refractivity contribution in [3.8, 4) is 0 Å². The first-order chi connectivity index (χ1) is 7.44. The molecule has 1 aromatic carbocycles. The Morgan fingerprint density at radius 2 is 2.06 bits per heavy atom. The van der Waals surface area contributed by atoms with E-state index in [1.807, 2.05) is 25.1 Å². The lowest BCUT2D eigenvalue weighted by molar-refractivity contribution is 0.597. The maximum Gasteiger partial charge on any atom is 0.151 e. The minimum absolute atomic E-state index is 0.151. The molecule has 0 saturated heterocycles. The summed E-state index contributed by atoms with van der Waals surface area (Å²) < 4.78 is 22.6. The molecule has 90 valence electrons. The van der Waals surface area contributed by atoms with Gasteiger partial charge in [0, 0.05) is 23.7 Å². The van der Waals surface area contributed by atoms with Gasteiger partial charge in [-0.15, -0.1) is 0 Å². The number of anilines is 2. The summed E-state index contributed by atoms with van der Waals surface area (Å²) in [4.78, 5) is 0. The molecule has 0 atom stereocenters. The second-order valence-electron chi connectivity index (χ2n) is 3.74. The Morgan fingerprint density at radius 3 is 2.69 bits per heavy atom. The normalized spacial score (nSPS) is 11.4. The second-order valence-corrected chi connectivity index (χ2v) is 6.21. The summed E-state index contributed by atoms with van der Waals surface area (Å²) in [6, 6.07) is 5.54. The number of aryl methyl sites for hydroxylation is 1. The van der Waals surface area contributed by atoms with E-state index in [1.54, 1.807) is 6.92 Å². The second kappa shape index (κ2) is 5.21. The molecule has 0 spiro atoms. The van der Waals surface area contributed by atoms with Gasteiger partial charge in [0.2, 0.25) is 0 Å². The lowest BCUT2D eigenvalue weighted by Crippen LogP contribution is -2.17. The minimum atomic E-state index is -2.91. The van der Waals surface area contributed by atoms with Crippen LogP contribution in [0.5, 0.6) is 0 Å². The molecule has 0 heterocycles. The van der Waals surface area contributed by atoms with E-state index in [4.69, 9.17) is 5.73 Å². The summed E-state index contributed by atoms with van der Waals surface area (Å²) in [6.45, 7) is 4.03. The van der Waals surface area contributed by atoms with Gasteiger partial charge in [-0.3, -0.25) is 0 Å². The molecule has 0 saturated carbocycles. The zero-order valence-corrected chi connectivity index (χ0v) is 10.5. The van der Waals surface area contributed by atoms with E-state index in [0.717, 1.165) is 11.3 Å². The molecule has 0 fully saturated rings. The van der Waals surface area contributed by atoms with Gasteiger partial charge in [0.05, 0.1) is 5.75 Å². The third kappa shape index (κ3) is 3.73. The highest BCUT2D eigenvalue weighted by molar-refractivity contribution is 7.91. The Hall–Kier alpha value is -1.23. The van der Waals surface area contributed by atoms with Gasteiger partial charge >= 0.3 is 0 Å². The molecule has 1 rings (SSSR count). The highest BCUT2D eigenvalue weighted by atomic mass is 32.2. The Morgan fingerprint density at radius 1 is 1.38 bits per heavy atom. The van der Waals surface area contributed by atoms with Crippen molar-refractivity contribution in [2.75, 3.05) is 29.1 Å². The first-order valence-corrected chi connectivity index (χ1v) is 7.07. The van der Waals surface area contributed by atoms with E-state index in [2.05, 4.69) is 5.32 Å². The van der Waals surface area contributed by atoms with E-state index >= 15 is 0 Å². The first-order valence-electron chi connectivity index (χ1n) is 5.25. The molecular weight excluding hydrogens is 224 g/mol. The number of hydrogen-bond donors (Lipinski definition) is 2. The van der Waals surface area contributed by atoms with E-state index in [0.29, 0.717) is 12.2 Å². The summed E-state index contributed by atoms with van der Waals surface area (Å²) in [5.41, 5.74) is 8.28. The van der Waals surface area contributed by atoms with Crippen molar-refractivity contribution >= 4 is 21.2 Å². The van der Waals surface area contributed by atoms with Crippen LogP contribution in [0, 0.1) is 6.92 Å². The van der Waals surface area contributed by atoms with Crippen LogP contribution in [-0.4, -0.2) is 26.5 Å². The Balaban J connectivity index is 2.59. The minimum Gasteiger partial charge on any atom is -0.399 e. The fourth-order valence-corrected chi connectivity index (χ4v) is 2.02. The Bertz CT molecular complexity index is 455. The van der Waals surface area contributed by atoms with Crippen LogP contribution in [0.4, 0.5) is 11.4 Å². The molecule has 5 heteroatoms. The average molecular weight is 242 g/mol. The van der Waals surface area contributed by atoms with Gasteiger partial charge in [0.25, 0.3) is 0 Å². The van der Waals surface area contributed by atoms with Crippen molar-refractivity contribution in [1.82, 2.24) is 0 Å². The van der Waals surface area contributed by atoms with Crippen LogP contribution in [0.1, 0.15) is 12.5 Å². The molecule has 0 bridgehead atoms. The lowest BCUT2D eigenvalue weighted by atomic mass is 10.2. The van der Waals surface area contributed by atoms with Crippen LogP contribution in [0.25, 0.3) is 0 Å². The van der Waals surface area contributed by atoms with E-state index < -0.39 is 9.84 Å². The number of sulfone groups is 1. The lowest BCUT2D eigenvalue weighted by Gasteiger charge is -2.10. The SMILES string of the molecule is CCS(=O)(=O)CCNc1cc(N)ccc1C. The van der Waals surface area contributed by atoms with Gasteiger partial charge in [-0.25, -0.2) is 8.42 Å². The zero-order chi connectivity index (χ0) is 12.2. The number of nitrogens with one attached hydrogen (secondary N) is 1. The summed E-state index contributed by atoms with van der Waals surface area (Å²) in [5, 5.41) is 3.09. The van der Waals surface area contributed by atoms with E-state index in [9.17, 15) is 8.42 Å². The zero-order valence-electron chi connectivity index (χ0n) is 9.66. The van der Waals surface area contributed by atoms with Crippen molar-refractivity contribution in [2.45, 2.75) is 13.8 Å². The van der Waals surface area contributed by atoms with Crippen LogP contribution >= 0.6 is 0 Å². The monoisotopic (exact) mass is 242 g/mol. The smallest absolute Gasteiger partial charge is 0.151 e. The molecule has 1 aromatic rings. The number of hydrogen-bond acceptors (Lipinski definition) is 4. The fraction of sp³-hybridized carbons (Fsp3) is 0.455. The van der Waals surface area contributed by atoms with Crippen LogP contribution in [0.2, 0.25) is 0 Å². The van der Waals surface area contributed by atoms with Gasteiger partial charge in [0.1, 0.15) is 0 Å². The van der Waals surface area contributed by atoms with Crippen LogP contribution in [0.3, 0.4) is 0 Å². The largest absolute Gasteiger partial charge is 0.399 e. The van der Waals surface area contributed by atoms with Gasteiger partial charge < -0.3 is 11.1 Å². The van der Waals surface area contributed by atoms with Gasteiger partial charge in [-0.2, -0.15) is 0 Å². The number of benzene rings is 1. The van der Waals surface area contributed by atoms with E-state index in [1.165, 1.54) is 0 Å². The fourth-order valence-electron chi connectivity index (χ4n) is 1.32. The third-order valence-electron chi connectivity index (χ3n) is 2.43. The van der Waals surface area contributed by atoms with Crippen molar-refractivity contribution < 1.29 is 8.42 Å². The maximum atomic E-state index is 11.3. The summed E-state index contributed by atoms with van der Waals surface area (Å²) >= 11 is 0. The number of nitrogen functional groups attached to an aromatic ring is 1. The summed E-state index contributed by atoms with van der Waals surface area (Å²) in [6.07, 6.45) is 0. The maximum absolute atomic E-state index is 11.3. The number of nitrogens with two attached hydrogens (primary N) is 1. The van der Waals surface area contributed by atoms with Crippen molar-refractivity contribution in [3.05, 3.63) is 23.8 Å². The predicted octanol–water partition coefficient (Wildman–Crippen LogP) is 1.42. The van der Waals surface area contributed by atoms with Gasteiger partial charge in [0.15, 0.2) is 9.84 Å². The molecule has 0 amide bonds. The molecule has 0 aliphatic rings. The molecule has 3 N–H and O–H groups in total. The van der Waals surface area contributed by atoms with Crippen molar-refractivity contribution in [2.24, 2.45) is 0 Å². The van der Waals surface area contributed by atoms with Crippen molar-refractivity contribution in [3.63, 3.8) is 0 Å². The molecule has 0 aliphatic heterocycles. The molecule has 0 aromatic heterocycles. The first kappa shape index (κ1) is 12.8. The Labute approximate surface area is 96.8 Å². The standard InChI is InChI=1S/C11H18N2O2S/c1-3-16(14,15)7-6-13-11-8-10(12)5-4-9(11)2/h4-5,8,13H,3,6-7,12H2,1-2H3. The van der Waals surface area contributed by atoms with Crippen LogP contribution in [0.15, 0.2) is 18.2 Å². The molecule has 4 nitrogen and oxygen atoms in total. The summed E-state index contributed by atoms with van der Waals surface area (Å²) in [7, 11) is -2.91. The summed E-state index contributed by atoms with van der Waals surface area (Å²) in [5.74, 6) is 0.336. The molecule has 16 heavy (non-hydrogen) atoms. The Kier molecular flexibility index (Phi) is 4.18. The van der Waals surface area contributed by atoms with Crippen LogP contribution in [-0.2, 0) is 9.84 Å². The number of rotatable bonds is 5. The topological polar surface area (TPSA) is 72.2 Å². The quantitative estimate of drug-likeness (QED) is 0.766. The average Bonchev–Trinajstić information content (AvgIpc) is 2.23. The predicted molar refractivity (Wildman–Crippen MR) is 68.4 cm³/mol. The third-order valence-corrected chi connectivity index (χ3v) is 4.14. The molecule has 0 aliphatic carbocycles. The molecule has 0 unspecified atom stereocenters. The highest BCUT2D eigenvalue weighted by Gasteiger charge is 2.06. The molecular formula is C11H18N2O2S.